The quantitative estimate of drug-likeness (QED) is 0.162. The Balaban J connectivity index is 0.00000363. The number of hydrogen-bond acceptors (Lipinski definition) is 4. The van der Waals surface area contributed by atoms with Crippen LogP contribution in [0, 0.1) is 6.92 Å². The van der Waals surface area contributed by atoms with Gasteiger partial charge in [-0.3, -0.25) is 4.99 Å². The number of para-hydroxylation sites is 2. The number of aliphatic imine (C=N–C) groups is 1. The van der Waals surface area contributed by atoms with Crippen LogP contribution in [-0.4, -0.2) is 49.4 Å². The van der Waals surface area contributed by atoms with E-state index in [9.17, 15) is 0 Å². The molecule has 0 bridgehead atoms. The van der Waals surface area contributed by atoms with Gasteiger partial charge in [-0.2, -0.15) is 0 Å². The van der Waals surface area contributed by atoms with Crippen LogP contribution < -0.4 is 15.4 Å². The van der Waals surface area contributed by atoms with Gasteiger partial charge in [0.15, 0.2) is 5.96 Å². The van der Waals surface area contributed by atoms with Crippen molar-refractivity contribution in [3.63, 3.8) is 0 Å². The largest absolute Gasteiger partial charge is 0.497 e. The van der Waals surface area contributed by atoms with E-state index in [0.717, 1.165) is 61.1 Å². The number of fused-ring (bicyclic) bond motifs is 1. The van der Waals surface area contributed by atoms with Gasteiger partial charge in [0.25, 0.3) is 0 Å². The summed E-state index contributed by atoms with van der Waals surface area (Å²) in [5.74, 6) is 2.74. The number of imidazole rings is 1. The van der Waals surface area contributed by atoms with Crippen LogP contribution in [0.15, 0.2) is 53.5 Å². The standard InChI is InChI=1S/C24H33N5O2.HI/c1-19-28-22-8-4-5-9-23(22)29(19)16-6-14-26-24(25-2)27-15-7-17-31-18-20-10-12-21(30-3)13-11-20;/h4-5,8-13H,6-7,14-18H2,1-3H3,(H2,25,26,27);1H. The van der Waals surface area contributed by atoms with E-state index in [1.165, 1.54) is 5.52 Å². The molecule has 2 N–H and O–H groups in total. The predicted octanol–water partition coefficient (Wildman–Crippen LogP) is 4.13. The number of hydrogen-bond donors (Lipinski definition) is 2. The third kappa shape index (κ3) is 7.67. The molecule has 8 heteroatoms. The molecule has 0 aliphatic rings. The molecule has 3 aromatic rings. The highest BCUT2D eigenvalue weighted by Gasteiger charge is 2.06. The molecule has 0 atom stereocenters. The average Bonchev–Trinajstić information content (AvgIpc) is 3.12. The monoisotopic (exact) mass is 551 g/mol. The minimum Gasteiger partial charge on any atom is -0.497 e. The minimum atomic E-state index is 0. The highest BCUT2D eigenvalue weighted by Crippen LogP contribution is 2.15. The third-order valence-electron chi connectivity index (χ3n) is 5.11. The Bertz CT molecular complexity index is 972. The van der Waals surface area contributed by atoms with Crippen molar-refractivity contribution < 1.29 is 9.47 Å². The lowest BCUT2D eigenvalue weighted by Crippen LogP contribution is -2.38. The number of nitrogens with one attached hydrogen (secondary N) is 2. The van der Waals surface area contributed by atoms with E-state index in [-0.39, 0.29) is 24.0 Å². The van der Waals surface area contributed by atoms with Gasteiger partial charge >= 0.3 is 0 Å². The lowest BCUT2D eigenvalue weighted by atomic mass is 10.2. The summed E-state index contributed by atoms with van der Waals surface area (Å²) in [6.07, 6.45) is 1.91. The number of ether oxygens (including phenoxy) is 2. The number of rotatable bonds is 11. The smallest absolute Gasteiger partial charge is 0.190 e. The van der Waals surface area contributed by atoms with Crippen LogP contribution in [-0.2, 0) is 17.9 Å². The molecule has 2 aromatic carbocycles. The second-order valence-electron chi connectivity index (χ2n) is 7.33. The van der Waals surface area contributed by atoms with E-state index < -0.39 is 0 Å². The molecule has 0 radical (unpaired) electrons. The Morgan fingerprint density at radius 1 is 1.03 bits per heavy atom. The van der Waals surface area contributed by atoms with Crippen molar-refractivity contribution in [2.75, 3.05) is 33.9 Å². The number of aromatic nitrogens is 2. The number of methoxy groups -OCH3 is 1. The highest BCUT2D eigenvalue weighted by molar-refractivity contribution is 14.0. The Labute approximate surface area is 207 Å². The molecule has 32 heavy (non-hydrogen) atoms. The van der Waals surface area contributed by atoms with Crippen molar-refractivity contribution >= 4 is 41.0 Å². The maximum atomic E-state index is 5.75. The molecule has 0 fully saturated rings. The topological polar surface area (TPSA) is 72.7 Å². The summed E-state index contributed by atoms with van der Waals surface area (Å²) in [6, 6.07) is 16.2. The Kier molecular flexibility index (Phi) is 11.3. The van der Waals surface area contributed by atoms with Crippen molar-refractivity contribution in [3.05, 3.63) is 59.9 Å². The first-order valence-electron chi connectivity index (χ1n) is 10.8. The van der Waals surface area contributed by atoms with Crippen LogP contribution in [0.25, 0.3) is 11.0 Å². The molecule has 1 heterocycles. The Morgan fingerprint density at radius 2 is 1.75 bits per heavy atom. The van der Waals surface area contributed by atoms with E-state index >= 15 is 0 Å². The Hall–Kier alpha value is -2.33. The van der Waals surface area contributed by atoms with Crippen LogP contribution in [0.4, 0.5) is 0 Å². The minimum absolute atomic E-state index is 0. The fourth-order valence-corrected chi connectivity index (χ4v) is 3.44. The first-order valence-corrected chi connectivity index (χ1v) is 10.8. The zero-order valence-corrected chi connectivity index (χ0v) is 21.5. The van der Waals surface area contributed by atoms with Gasteiger partial charge in [-0.25, -0.2) is 4.98 Å². The lowest BCUT2D eigenvalue weighted by molar-refractivity contribution is 0.119. The molecular formula is C24H34IN5O2. The van der Waals surface area contributed by atoms with Crippen molar-refractivity contribution in [1.29, 1.82) is 0 Å². The molecule has 3 rings (SSSR count). The lowest BCUT2D eigenvalue weighted by Gasteiger charge is -2.13. The van der Waals surface area contributed by atoms with Gasteiger partial charge in [0.1, 0.15) is 11.6 Å². The highest BCUT2D eigenvalue weighted by atomic mass is 127. The van der Waals surface area contributed by atoms with Crippen LogP contribution in [0.2, 0.25) is 0 Å². The molecule has 0 saturated carbocycles. The fourth-order valence-electron chi connectivity index (χ4n) is 3.44. The maximum absolute atomic E-state index is 5.75. The second kappa shape index (κ2) is 13.9. The van der Waals surface area contributed by atoms with Gasteiger partial charge in [0.2, 0.25) is 0 Å². The van der Waals surface area contributed by atoms with Gasteiger partial charge in [0, 0.05) is 33.3 Å². The number of halogens is 1. The first kappa shape index (κ1) is 25.9. The SMILES string of the molecule is CN=C(NCCCOCc1ccc(OC)cc1)NCCCn1c(C)nc2ccccc21.I. The van der Waals surface area contributed by atoms with Crippen molar-refractivity contribution in [1.82, 2.24) is 20.2 Å². The maximum Gasteiger partial charge on any atom is 0.190 e. The molecule has 174 valence electrons. The zero-order valence-electron chi connectivity index (χ0n) is 19.1. The fraction of sp³-hybridized carbons (Fsp3) is 0.417. The van der Waals surface area contributed by atoms with Gasteiger partial charge < -0.3 is 24.7 Å². The summed E-state index contributed by atoms with van der Waals surface area (Å²) in [4.78, 5) is 8.92. The Morgan fingerprint density at radius 3 is 2.47 bits per heavy atom. The molecule has 0 amide bonds. The summed E-state index contributed by atoms with van der Waals surface area (Å²) in [5, 5.41) is 6.72. The van der Waals surface area contributed by atoms with Crippen molar-refractivity contribution in [2.45, 2.75) is 32.9 Å². The molecule has 0 aliphatic heterocycles. The number of benzene rings is 2. The first-order chi connectivity index (χ1) is 15.2. The van der Waals surface area contributed by atoms with E-state index in [0.29, 0.717) is 13.2 Å². The number of guanidine groups is 1. The normalized spacial score (nSPS) is 11.3. The average molecular weight is 551 g/mol. The van der Waals surface area contributed by atoms with Crippen molar-refractivity contribution in [2.24, 2.45) is 4.99 Å². The summed E-state index contributed by atoms with van der Waals surface area (Å²) in [6.45, 7) is 5.95. The van der Waals surface area contributed by atoms with Crippen LogP contribution >= 0.6 is 24.0 Å². The van der Waals surface area contributed by atoms with Crippen LogP contribution in [0.5, 0.6) is 5.75 Å². The van der Waals surface area contributed by atoms with Gasteiger partial charge in [-0.15, -0.1) is 24.0 Å². The number of aryl methyl sites for hydroxylation is 2. The summed E-state index contributed by atoms with van der Waals surface area (Å²) in [5.41, 5.74) is 3.39. The van der Waals surface area contributed by atoms with Gasteiger partial charge in [-0.05, 0) is 49.6 Å². The van der Waals surface area contributed by atoms with E-state index in [2.05, 4.69) is 50.3 Å². The van der Waals surface area contributed by atoms with Gasteiger partial charge in [-0.1, -0.05) is 24.3 Å². The molecular weight excluding hydrogens is 517 g/mol. The number of nitrogens with zero attached hydrogens (tertiary/aromatic N) is 3. The predicted molar refractivity (Wildman–Crippen MR) is 141 cm³/mol. The van der Waals surface area contributed by atoms with E-state index in [1.807, 2.05) is 30.3 Å². The summed E-state index contributed by atoms with van der Waals surface area (Å²) < 4.78 is 13.2. The van der Waals surface area contributed by atoms with E-state index in [1.54, 1.807) is 14.2 Å². The second-order valence-corrected chi connectivity index (χ2v) is 7.33. The molecule has 0 aliphatic carbocycles. The molecule has 0 unspecified atom stereocenters. The molecule has 1 aromatic heterocycles. The van der Waals surface area contributed by atoms with Crippen LogP contribution in [0.1, 0.15) is 24.2 Å². The molecule has 0 saturated heterocycles. The van der Waals surface area contributed by atoms with Gasteiger partial charge in [0.05, 0.1) is 24.8 Å². The summed E-state index contributed by atoms with van der Waals surface area (Å²) >= 11 is 0. The summed E-state index contributed by atoms with van der Waals surface area (Å²) in [7, 11) is 3.46. The molecule has 7 nitrogen and oxygen atoms in total. The zero-order chi connectivity index (χ0) is 21.9. The molecule has 0 spiro atoms. The van der Waals surface area contributed by atoms with E-state index in [4.69, 9.17) is 9.47 Å². The third-order valence-corrected chi connectivity index (χ3v) is 5.11. The van der Waals surface area contributed by atoms with Crippen molar-refractivity contribution in [3.8, 4) is 5.75 Å². The van der Waals surface area contributed by atoms with Crippen LogP contribution in [0.3, 0.4) is 0 Å².